The zero-order valence-corrected chi connectivity index (χ0v) is 28.0. The van der Waals surface area contributed by atoms with Gasteiger partial charge in [0, 0.05) is 19.6 Å². The van der Waals surface area contributed by atoms with Gasteiger partial charge in [0.25, 0.3) is 0 Å². The zero-order chi connectivity index (χ0) is 30.7. The van der Waals surface area contributed by atoms with Gasteiger partial charge in [-0.2, -0.15) is 10.0 Å². The van der Waals surface area contributed by atoms with E-state index in [0.29, 0.717) is 36.6 Å². The molecule has 3 N–H and O–H groups in total. The minimum atomic E-state index is -3.84. The van der Waals surface area contributed by atoms with Crippen LogP contribution >= 0.6 is 17.6 Å². The largest absolute Gasteiger partial charge is 0.382 e. The molecule has 0 aliphatic rings. The van der Waals surface area contributed by atoms with Crippen molar-refractivity contribution >= 4 is 34.6 Å². The van der Waals surface area contributed by atoms with Crippen LogP contribution in [0, 0.1) is 11.2 Å². The van der Waals surface area contributed by atoms with Gasteiger partial charge in [-0.05, 0) is 45.0 Å². The normalized spacial score (nSPS) is 14.4. The fraction of sp³-hybridized carbons (Fsp3) is 0.767. The number of hydrogen-bond acceptors (Lipinski definition) is 8. The lowest BCUT2D eigenvalue weighted by Gasteiger charge is -2.17. The van der Waals surface area contributed by atoms with Crippen molar-refractivity contribution in [2.45, 2.75) is 103 Å². The molecule has 1 unspecified atom stereocenters. The van der Waals surface area contributed by atoms with Gasteiger partial charge in [0.2, 0.25) is 0 Å². The van der Waals surface area contributed by atoms with E-state index in [1.54, 1.807) is 17.8 Å². The molecule has 2 atom stereocenters. The van der Waals surface area contributed by atoms with Crippen molar-refractivity contribution in [3.63, 3.8) is 0 Å². The minimum absolute atomic E-state index is 0.153. The monoisotopic (exact) mass is 627 g/mol. The third-order valence-corrected chi connectivity index (χ3v) is 8.42. The van der Waals surface area contributed by atoms with Crippen LogP contribution in [-0.4, -0.2) is 75.5 Å². The predicted octanol–water partition coefficient (Wildman–Crippen LogP) is 6.72. The molecule has 0 aliphatic carbocycles. The summed E-state index contributed by atoms with van der Waals surface area (Å²) in [6, 6.07) is 0. The number of rotatable bonds is 23. The number of hydrogen-bond donors (Lipinski definition) is 2. The molecule has 12 heteroatoms. The second kappa shape index (κ2) is 20.3. The number of fused-ring (bicyclic) bond motifs is 1. The third-order valence-electron chi connectivity index (χ3n) is 6.60. The molecular formula is C30H54N5O5PS. The lowest BCUT2D eigenvalue weighted by Crippen LogP contribution is -2.17. The number of nitrogen functional groups attached to an aromatic ring is 1. The van der Waals surface area contributed by atoms with Gasteiger partial charge in [0.05, 0.1) is 25.6 Å². The van der Waals surface area contributed by atoms with Gasteiger partial charge in [0.15, 0.2) is 11.5 Å². The highest BCUT2D eigenvalue weighted by atomic mass is 32.3. The number of imidazole rings is 1. The topological polar surface area (TPSA) is 135 Å². The molecule has 0 aliphatic heterocycles. The lowest BCUT2D eigenvalue weighted by molar-refractivity contribution is 0.0688. The Morgan fingerprint density at radius 3 is 2.21 bits per heavy atom. The average molecular weight is 628 g/mol. The molecule has 42 heavy (non-hydrogen) atoms. The van der Waals surface area contributed by atoms with Crippen molar-refractivity contribution in [2.75, 3.05) is 50.7 Å². The van der Waals surface area contributed by atoms with Crippen molar-refractivity contribution in [3.05, 3.63) is 12.7 Å². The molecule has 0 saturated heterocycles. The molecule has 0 fully saturated rings. The van der Waals surface area contributed by atoms with Crippen molar-refractivity contribution in [1.82, 2.24) is 19.5 Å². The van der Waals surface area contributed by atoms with Gasteiger partial charge >= 0.3 is 7.60 Å². The highest BCUT2D eigenvalue weighted by Crippen LogP contribution is 2.42. The van der Waals surface area contributed by atoms with Crippen molar-refractivity contribution in [3.8, 4) is 11.2 Å². The average Bonchev–Trinajstić information content (AvgIpc) is 3.34. The Hall–Kier alpha value is -1.67. The summed E-state index contributed by atoms with van der Waals surface area (Å²) in [7, 11) is -4.51. The van der Waals surface area contributed by atoms with Crippen LogP contribution in [0.3, 0.4) is 0 Å². The van der Waals surface area contributed by atoms with E-state index in [4.69, 9.17) is 19.7 Å². The van der Waals surface area contributed by atoms with Crippen molar-refractivity contribution in [1.29, 1.82) is 0 Å². The Labute approximate surface area is 254 Å². The fourth-order valence-electron chi connectivity index (χ4n) is 4.37. The summed E-state index contributed by atoms with van der Waals surface area (Å²) in [4.78, 5) is 22.4. The minimum Gasteiger partial charge on any atom is -0.382 e. The first-order valence-corrected chi connectivity index (χ1v) is 19.9. The molecule has 0 aromatic carbocycles. The second-order valence-electron chi connectivity index (χ2n) is 11.6. The van der Waals surface area contributed by atoms with Crippen LogP contribution in [0.1, 0.15) is 90.4 Å². The standard InChI is InChI=1S/C30H54N5O5PS/c1-27(23-35-25-34-28-29(31)32-24-33-30(28)35)39-26-41(36,37)40-21-18-20-38-19-16-14-12-10-8-6-5-7-9-11-13-15-17-22-42(2,3)4/h24-25,27H,5-16,18-21,23,26H2,1-4H3,(H,36,37)(H2,31,32,33)/t27-/m1/s1. The highest BCUT2D eigenvalue weighted by molar-refractivity contribution is 8.35. The predicted molar refractivity (Wildman–Crippen MR) is 175 cm³/mol. The maximum atomic E-state index is 12.3. The molecule has 0 radical (unpaired) electrons. The summed E-state index contributed by atoms with van der Waals surface area (Å²) in [6.07, 6.45) is 24.6. The Bertz CT molecular complexity index is 1130. The van der Waals surface area contributed by atoms with Crippen LogP contribution in [0.15, 0.2) is 12.7 Å². The third kappa shape index (κ3) is 16.8. The fourth-order valence-corrected chi connectivity index (χ4v) is 5.83. The number of unbranched alkanes of at least 4 members (excludes halogenated alkanes) is 11. The first-order valence-electron chi connectivity index (χ1n) is 15.3. The van der Waals surface area contributed by atoms with Crippen LogP contribution in [0.4, 0.5) is 5.82 Å². The Kier molecular flexibility index (Phi) is 17.7. The first-order chi connectivity index (χ1) is 20.1. The van der Waals surface area contributed by atoms with Crippen LogP contribution in [0.2, 0.25) is 0 Å². The van der Waals surface area contributed by atoms with Gasteiger partial charge < -0.3 is 29.2 Å². The van der Waals surface area contributed by atoms with E-state index in [9.17, 15) is 9.46 Å². The molecule has 10 nitrogen and oxygen atoms in total. The summed E-state index contributed by atoms with van der Waals surface area (Å²) in [5.41, 5.74) is 6.92. The number of nitrogens with two attached hydrogens (primary N) is 1. The Morgan fingerprint density at radius 2 is 1.55 bits per heavy atom. The summed E-state index contributed by atoms with van der Waals surface area (Å²) in [6.45, 7) is 3.59. The molecular weight excluding hydrogens is 573 g/mol. The number of ether oxygens (including phenoxy) is 2. The summed E-state index contributed by atoms with van der Waals surface area (Å²) in [5, 5.41) is 3.39. The van der Waals surface area contributed by atoms with Gasteiger partial charge in [0.1, 0.15) is 18.2 Å². The van der Waals surface area contributed by atoms with Crippen molar-refractivity contribution in [2.24, 2.45) is 0 Å². The molecule has 2 aromatic heterocycles. The van der Waals surface area contributed by atoms with Crippen LogP contribution in [0.25, 0.3) is 11.2 Å². The maximum absolute atomic E-state index is 12.3. The molecule has 0 bridgehead atoms. The van der Waals surface area contributed by atoms with Crippen molar-refractivity contribution < 1.29 is 23.5 Å². The van der Waals surface area contributed by atoms with E-state index in [0.717, 1.165) is 19.4 Å². The van der Waals surface area contributed by atoms with Gasteiger partial charge in [-0.3, -0.25) is 4.57 Å². The Morgan fingerprint density at radius 1 is 0.929 bits per heavy atom. The molecule has 240 valence electrons. The van der Waals surface area contributed by atoms with E-state index < -0.39 is 17.6 Å². The molecule has 0 saturated carbocycles. The maximum Gasteiger partial charge on any atom is 0.353 e. The smallest absolute Gasteiger partial charge is 0.353 e. The molecule has 2 heterocycles. The van der Waals surface area contributed by atoms with E-state index in [2.05, 4.69) is 44.9 Å². The quantitative estimate of drug-likeness (QED) is 0.0782. The molecule has 0 amide bonds. The molecule has 2 rings (SSSR count). The molecule has 2 aromatic rings. The Balaban J connectivity index is 1.36. The van der Waals surface area contributed by atoms with Crippen LogP contribution in [0.5, 0.6) is 0 Å². The second-order valence-corrected chi connectivity index (χ2v) is 17.3. The van der Waals surface area contributed by atoms with E-state index >= 15 is 0 Å². The van der Waals surface area contributed by atoms with E-state index in [1.807, 2.05) is 0 Å². The summed E-state index contributed by atoms with van der Waals surface area (Å²) < 4.78 is 30.5. The summed E-state index contributed by atoms with van der Waals surface area (Å²) in [5.74, 6) is 3.65. The lowest BCUT2D eigenvalue weighted by atomic mass is 10.1. The first kappa shape index (κ1) is 36.5. The summed E-state index contributed by atoms with van der Waals surface area (Å²) >= 11 is 0. The van der Waals surface area contributed by atoms with E-state index in [-0.39, 0.29) is 19.1 Å². The van der Waals surface area contributed by atoms with Gasteiger partial charge in [-0.25, -0.2) is 15.0 Å². The zero-order valence-electron chi connectivity index (χ0n) is 26.3. The van der Waals surface area contributed by atoms with Crippen LogP contribution in [-0.2, 0) is 25.1 Å². The van der Waals surface area contributed by atoms with Crippen LogP contribution < -0.4 is 5.73 Å². The van der Waals surface area contributed by atoms with Gasteiger partial charge in [-0.15, -0.1) is 0 Å². The highest BCUT2D eigenvalue weighted by Gasteiger charge is 2.21. The molecule has 0 spiro atoms. The van der Waals surface area contributed by atoms with E-state index in [1.165, 1.54) is 70.5 Å². The number of anilines is 1. The van der Waals surface area contributed by atoms with Gasteiger partial charge in [-0.1, -0.05) is 69.0 Å². The number of nitrogens with zero attached hydrogens (tertiary/aromatic N) is 4. The number of aromatic nitrogens is 4. The SMILES string of the molecule is C[C@H](Cn1cnc2c(N)ncnc21)OCP(=O)(O)OCCCOCCCCCCCCCCCCCC#CS(C)(C)C.